The average molecular weight is 317 g/mol. The van der Waals surface area contributed by atoms with Crippen molar-refractivity contribution < 1.29 is 9.53 Å². The van der Waals surface area contributed by atoms with Crippen LogP contribution in [0.3, 0.4) is 0 Å². The van der Waals surface area contributed by atoms with Gasteiger partial charge in [0.2, 0.25) is 0 Å². The maximum Gasteiger partial charge on any atom is 0.311 e. The summed E-state index contributed by atoms with van der Waals surface area (Å²) in [5.41, 5.74) is 2.72. The molecule has 0 radical (unpaired) electrons. The van der Waals surface area contributed by atoms with E-state index in [1.165, 1.54) is 19.3 Å². The highest BCUT2D eigenvalue weighted by molar-refractivity contribution is 5.73. The van der Waals surface area contributed by atoms with Gasteiger partial charge in [-0.05, 0) is 72.4 Å². The van der Waals surface area contributed by atoms with Gasteiger partial charge in [0, 0.05) is 6.42 Å². The summed E-state index contributed by atoms with van der Waals surface area (Å²) in [6, 6.07) is 17.1. The van der Waals surface area contributed by atoms with E-state index in [-0.39, 0.29) is 5.97 Å². The summed E-state index contributed by atoms with van der Waals surface area (Å²) < 4.78 is 5.46. The van der Waals surface area contributed by atoms with E-state index in [4.69, 9.17) is 10.00 Å². The van der Waals surface area contributed by atoms with Crippen LogP contribution in [-0.2, 0) is 4.79 Å². The third-order valence-corrected chi connectivity index (χ3v) is 5.07. The summed E-state index contributed by atoms with van der Waals surface area (Å²) in [5.74, 6) is 2.73. The van der Waals surface area contributed by atoms with Gasteiger partial charge in [-0.1, -0.05) is 24.3 Å². The summed E-state index contributed by atoms with van der Waals surface area (Å²) >= 11 is 0. The van der Waals surface area contributed by atoms with Gasteiger partial charge < -0.3 is 4.74 Å². The number of esters is 1. The predicted molar refractivity (Wildman–Crippen MR) is 91.2 cm³/mol. The van der Waals surface area contributed by atoms with Gasteiger partial charge in [0.25, 0.3) is 0 Å². The van der Waals surface area contributed by atoms with Gasteiger partial charge in [-0.2, -0.15) is 5.26 Å². The van der Waals surface area contributed by atoms with Gasteiger partial charge in [0.15, 0.2) is 0 Å². The molecule has 0 spiro atoms. The molecule has 2 fully saturated rings. The van der Waals surface area contributed by atoms with Crippen molar-refractivity contribution in [3.05, 3.63) is 54.1 Å². The number of rotatable bonds is 5. The lowest BCUT2D eigenvalue weighted by Gasteiger charge is -2.06. The summed E-state index contributed by atoms with van der Waals surface area (Å²) in [6.07, 6.45) is 4.47. The molecule has 2 aromatic carbocycles. The molecule has 0 aromatic heterocycles. The second-order valence-electron chi connectivity index (χ2n) is 6.89. The minimum Gasteiger partial charge on any atom is -0.427 e. The SMILES string of the molecule is N#Cc1ccc(-c2ccc(OC(=O)C[C@@H]3C[C@@H]3C3CC3)cc2)cc1. The van der Waals surface area contributed by atoms with E-state index < -0.39 is 0 Å². The second-order valence-corrected chi connectivity index (χ2v) is 6.89. The Kier molecular flexibility index (Phi) is 3.82. The Hall–Kier alpha value is -2.60. The number of carbonyl (C=O) groups excluding carboxylic acids is 1. The number of carbonyl (C=O) groups is 1. The van der Waals surface area contributed by atoms with Crippen molar-refractivity contribution in [1.29, 1.82) is 5.26 Å². The first kappa shape index (κ1) is 15.0. The van der Waals surface area contributed by atoms with Crippen LogP contribution < -0.4 is 4.74 Å². The Morgan fingerprint density at radius 2 is 1.67 bits per heavy atom. The number of benzene rings is 2. The summed E-state index contributed by atoms with van der Waals surface area (Å²) in [5, 5.41) is 8.84. The fourth-order valence-corrected chi connectivity index (χ4v) is 3.45. The highest BCUT2D eigenvalue weighted by atomic mass is 16.5. The minimum absolute atomic E-state index is 0.116. The minimum atomic E-state index is -0.116. The van der Waals surface area contributed by atoms with Crippen molar-refractivity contribution in [2.75, 3.05) is 0 Å². The van der Waals surface area contributed by atoms with Gasteiger partial charge in [-0.15, -0.1) is 0 Å². The van der Waals surface area contributed by atoms with Crippen LogP contribution in [0.2, 0.25) is 0 Å². The van der Waals surface area contributed by atoms with Crippen LogP contribution in [0.25, 0.3) is 11.1 Å². The second kappa shape index (κ2) is 6.13. The highest BCUT2D eigenvalue weighted by Gasteiger charge is 2.48. The van der Waals surface area contributed by atoms with Crippen LogP contribution in [0.5, 0.6) is 5.75 Å². The monoisotopic (exact) mass is 317 g/mol. The van der Waals surface area contributed by atoms with Crippen molar-refractivity contribution in [2.24, 2.45) is 17.8 Å². The zero-order valence-corrected chi connectivity index (χ0v) is 13.4. The summed E-state index contributed by atoms with van der Waals surface area (Å²) in [7, 11) is 0. The van der Waals surface area contributed by atoms with Crippen molar-refractivity contribution in [3.8, 4) is 22.9 Å². The number of hydrogen-bond acceptors (Lipinski definition) is 3. The molecule has 0 bridgehead atoms. The van der Waals surface area contributed by atoms with E-state index in [0.29, 0.717) is 23.7 Å². The lowest BCUT2D eigenvalue weighted by Crippen LogP contribution is -2.09. The van der Waals surface area contributed by atoms with Crippen molar-refractivity contribution in [1.82, 2.24) is 0 Å². The van der Waals surface area contributed by atoms with Crippen LogP contribution >= 0.6 is 0 Å². The molecular weight excluding hydrogens is 298 g/mol. The van der Waals surface area contributed by atoms with E-state index in [9.17, 15) is 4.79 Å². The van der Waals surface area contributed by atoms with Gasteiger partial charge >= 0.3 is 5.97 Å². The number of hydrogen-bond donors (Lipinski definition) is 0. The quantitative estimate of drug-likeness (QED) is 0.599. The van der Waals surface area contributed by atoms with E-state index in [2.05, 4.69) is 6.07 Å². The van der Waals surface area contributed by atoms with Crippen molar-refractivity contribution in [3.63, 3.8) is 0 Å². The van der Waals surface area contributed by atoms with Crippen LogP contribution in [0.15, 0.2) is 48.5 Å². The van der Waals surface area contributed by atoms with E-state index in [1.54, 1.807) is 12.1 Å². The molecule has 0 aliphatic heterocycles. The third-order valence-electron chi connectivity index (χ3n) is 5.07. The molecule has 24 heavy (non-hydrogen) atoms. The topological polar surface area (TPSA) is 50.1 Å². The number of ether oxygens (including phenoxy) is 1. The fraction of sp³-hybridized carbons (Fsp3) is 0.333. The molecule has 0 saturated heterocycles. The van der Waals surface area contributed by atoms with Crippen molar-refractivity contribution >= 4 is 5.97 Å². The Bertz CT molecular complexity index is 782. The molecule has 0 amide bonds. The molecule has 2 aromatic rings. The first-order chi connectivity index (χ1) is 11.7. The lowest BCUT2D eigenvalue weighted by molar-refractivity contribution is -0.134. The maximum absolute atomic E-state index is 12.0. The maximum atomic E-state index is 12.0. The number of nitriles is 1. The molecule has 0 N–H and O–H groups in total. The standard InChI is InChI=1S/C21H19NO2/c22-13-14-1-3-15(4-2-14)16-7-9-19(10-8-16)24-21(23)12-18-11-20(18)17-5-6-17/h1-4,7-10,17-18,20H,5-6,11-12H2/t18-,20+/m0/s1. The van der Waals surface area contributed by atoms with Gasteiger partial charge in [-0.3, -0.25) is 4.79 Å². The Labute approximate surface area is 141 Å². The zero-order valence-electron chi connectivity index (χ0n) is 13.4. The van der Waals surface area contributed by atoms with Gasteiger partial charge in [0.1, 0.15) is 5.75 Å². The summed E-state index contributed by atoms with van der Waals surface area (Å²) in [6.45, 7) is 0. The molecule has 3 nitrogen and oxygen atoms in total. The molecule has 2 aliphatic rings. The lowest BCUT2D eigenvalue weighted by atomic mass is 10.0. The molecule has 2 saturated carbocycles. The third kappa shape index (κ3) is 3.33. The molecule has 0 unspecified atom stereocenters. The van der Waals surface area contributed by atoms with Gasteiger partial charge in [-0.25, -0.2) is 0 Å². The van der Waals surface area contributed by atoms with E-state index in [0.717, 1.165) is 23.0 Å². The molecule has 3 heteroatoms. The van der Waals surface area contributed by atoms with Crippen molar-refractivity contribution in [2.45, 2.75) is 25.7 Å². The molecular formula is C21H19NO2. The van der Waals surface area contributed by atoms with Crippen LogP contribution in [0.4, 0.5) is 0 Å². The Morgan fingerprint density at radius 3 is 2.25 bits per heavy atom. The zero-order chi connectivity index (χ0) is 16.5. The summed E-state index contributed by atoms with van der Waals surface area (Å²) in [4.78, 5) is 12.0. The smallest absolute Gasteiger partial charge is 0.311 e. The Morgan fingerprint density at radius 1 is 1.04 bits per heavy atom. The molecule has 2 aliphatic carbocycles. The molecule has 2 atom stereocenters. The largest absolute Gasteiger partial charge is 0.427 e. The van der Waals surface area contributed by atoms with Crippen LogP contribution in [0.1, 0.15) is 31.2 Å². The average Bonchev–Trinajstić information content (AvgIpc) is 3.50. The number of nitrogens with zero attached hydrogens (tertiary/aromatic N) is 1. The molecule has 120 valence electrons. The van der Waals surface area contributed by atoms with Crippen LogP contribution in [0, 0.1) is 29.1 Å². The van der Waals surface area contributed by atoms with E-state index in [1.807, 2.05) is 36.4 Å². The first-order valence-electron chi connectivity index (χ1n) is 8.54. The normalized spacial score (nSPS) is 21.8. The molecule has 4 rings (SSSR count). The van der Waals surface area contributed by atoms with Gasteiger partial charge in [0.05, 0.1) is 11.6 Å². The Balaban J connectivity index is 1.34. The van der Waals surface area contributed by atoms with E-state index >= 15 is 0 Å². The first-order valence-corrected chi connectivity index (χ1v) is 8.54. The van der Waals surface area contributed by atoms with Crippen LogP contribution in [-0.4, -0.2) is 5.97 Å². The highest BCUT2D eigenvalue weighted by Crippen LogP contribution is 2.55. The fourth-order valence-electron chi connectivity index (χ4n) is 3.45. The predicted octanol–water partition coefficient (Wildman–Crippen LogP) is 4.57. The molecule has 0 heterocycles.